The predicted molar refractivity (Wildman–Crippen MR) is 66.5 cm³/mol. The second kappa shape index (κ2) is 5.56. The normalized spacial score (nSPS) is 10.3. The van der Waals surface area contributed by atoms with Crippen molar-refractivity contribution in [3.63, 3.8) is 0 Å². The van der Waals surface area contributed by atoms with E-state index >= 15 is 0 Å². The molecule has 0 bridgehead atoms. The highest BCUT2D eigenvalue weighted by Gasteiger charge is 2.09. The summed E-state index contributed by atoms with van der Waals surface area (Å²) in [5.41, 5.74) is 1.06. The predicted octanol–water partition coefficient (Wildman–Crippen LogP) is 2.60. The summed E-state index contributed by atoms with van der Waals surface area (Å²) in [6.07, 6.45) is 0. The maximum Gasteiger partial charge on any atom is 0.270 e. The van der Waals surface area contributed by atoms with E-state index in [1.807, 2.05) is 0 Å². The third-order valence-electron chi connectivity index (χ3n) is 2.57. The molecule has 1 heterocycles. The first kappa shape index (κ1) is 13.1. The Bertz CT molecular complexity index is 614. The lowest BCUT2D eigenvalue weighted by Gasteiger charge is -2.06. The minimum absolute atomic E-state index is 0.0853. The summed E-state index contributed by atoms with van der Waals surface area (Å²) in [5, 5.41) is 2.50. The Morgan fingerprint density at radius 1 is 1.26 bits per heavy atom. The molecule has 1 aromatic carbocycles. The van der Waals surface area contributed by atoms with Crippen molar-refractivity contribution in [1.82, 2.24) is 10.3 Å². The van der Waals surface area contributed by atoms with E-state index in [9.17, 15) is 13.6 Å². The van der Waals surface area contributed by atoms with Gasteiger partial charge >= 0.3 is 0 Å². The van der Waals surface area contributed by atoms with Gasteiger partial charge in [-0.3, -0.25) is 4.79 Å². The molecule has 19 heavy (non-hydrogen) atoms. The van der Waals surface area contributed by atoms with E-state index in [1.165, 1.54) is 0 Å². The van der Waals surface area contributed by atoms with Gasteiger partial charge in [-0.2, -0.15) is 0 Å². The number of carbonyl (C=O) groups is 1. The van der Waals surface area contributed by atoms with Crippen molar-refractivity contribution in [2.24, 2.45) is 0 Å². The number of aromatic nitrogens is 1. The lowest BCUT2D eigenvalue weighted by atomic mass is 10.2. The fourth-order valence-electron chi connectivity index (χ4n) is 1.61. The van der Waals surface area contributed by atoms with Crippen LogP contribution in [0.15, 0.2) is 36.4 Å². The van der Waals surface area contributed by atoms with Gasteiger partial charge in [-0.15, -0.1) is 0 Å². The van der Waals surface area contributed by atoms with Gasteiger partial charge in [0.05, 0.1) is 0 Å². The molecule has 0 saturated heterocycles. The van der Waals surface area contributed by atoms with Crippen LogP contribution < -0.4 is 5.32 Å². The van der Waals surface area contributed by atoms with Gasteiger partial charge in [-0.1, -0.05) is 6.07 Å². The highest BCUT2D eigenvalue weighted by atomic mass is 19.1. The average molecular weight is 262 g/mol. The molecule has 0 fully saturated rings. The standard InChI is InChI=1S/C14H12F2N2O/c1-9-3-2-4-13(18-9)14(19)17-8-10-7-11(15)5-6-12(10)16/h2-7H,8H2,1H3,(H,17,19). The first-order valence-corrected chi connectivity index (χ1v) is 5.72. The minimum Gasteiger partial charge on any atom is -0.347 e. The summed E-state index contributed by atoms with van der Waals surface area (Å²) in [6.45, 7) is 1.68. The molecule has 0 atom stereocenters. The van der Waals surface area contributed by atoms with Gasteiger partial charge in [0, 0.05) is 17.8 Å². The molecule has 5 heteroatoms. The number of nitrogens with zero attached hydrogens (tertiary/aromatic N) is 1. The summed E-state index contributed by atoms with van der Waals surface area (Å²) in [6, 6.07) is 8.15. The van der Waals surface area contributed by atoms with Crippen molar-refractivity contribution >= 4 is 5.91 Å². The highest BCUT2D eigenvalue weighted by Crippen LogP contribution is 2.09. The van der Waals surface area contributed by atoms with Crippen molar-refractivity contribution in [3.8, 4) is 0 Å². The molecule has 0 spiro atoms. The van der Waals surface area contributed by atoms with Crippen LogP contribution in [0.1, 0.15) is 21.7 Å². The highest BCUT2D eigenvalue weighted by molar-refractivity contribution is 5.92. The van der Waals surface area contributed by atoms with Gasteiger partial charge < -0.3 is 5.32 Å². The molecule has 2 aromatic rings. The first-order chi connectivity index (χ1) is 9.06. The first-order valence-electron chi connectivity index (χ1n) is 5.72. The molecular formula is C14H12F2N2O. The van der Waals surface area contributed by atoms with Gasteiger partial charge in [0.25, 0.3) is 5.91 Å². The third-order valence-corrected chi connectivity index (χ3v) is 2.57. The maximum atomic E-state index is 13.4. The molecule has 0 aliphatic rings. The molecule has 2 rings (SSSR count). The number of nitrogens with one attached hydrogen (secondary N) is 1. The van der Waals surface area contributed by atoms with Crippen LogP contribution in [0, 0.1) is 18.6 Å². The Balaban J connectivity index is 2.06. The number of benzene rings is 1. The topological polar surface area (TPSA) is 42.0 Å². The van der Waals surface area contributed by atoms with Gasteiger partial charge in [0.1, 0.15) is 17.3 Å². The molecule has 0 saturated carbocycles. The minimum atomic E-state index is -0.557. The Morgan fingerprint density at radius 2 is 2.05 bits per heavy atom. The molecule has 0 radical (unpaired) electrons. The van der Waals surface area contributed by atoms with E-state index < -0.39 is 17.5 Å². The largest absolute Gasteiger partial charge is 0.347 e. The molecule has 1 amide bonds. The number of hydrogen-bond acceptors (Lipinski definition) is 2. The smallest absolute Gasteiger partial charge is 0.270 e. The zero-order valence-corrected chi connectivity index (χ0v) is 10.3. The van der Waals surface area contributed by atoms with Crippen LogP contribution in [0.3, 0.4) is 0 Å². The summed E-state index contributed by atoms with van der Waals surface area (Å²) in [5.74, 6) is -1.52. The number of aryl methyl sites for hydroxylation is 1. The lowest BCUT2D eigenvalue weighted by Crippen LogP contribution is -2.24. The number of amides is 1. The third kappa shape index (κ3) is 3.34. The van der Waals surface area contributed by atoms with Crippen molar-refractivity contribution in [2.45, 2.75) is 13.5 Å². The Morgan fingerprint density at radius 3 is 2.79 bits per heavy atom. The van der Waals surface area contributed by atoms with E-state index in [2.05, 4.69) is 10.3 Å². The van der Waals surface area contributed by atoms with E-state index in [1.54, 1.807) is 25.1 Å². The van der Waals surface area contributed by atoms with Crippen LogP contribution in [0.5, 0.6) is 0 Å². The SMILES string of the molecule is Cc1cccc(C(=O)NCc2cc(F)ccc2F)n1. The summed E-state index contributed by atoms with van der Waals surface area (Å²) < 4.78 is 26.3. The van der Waals surface area contributed by atoms with Crippen molar-refractivity contribution < 1.29 is 13.6 Å². The van der Waals surface area contributed by atoms with Crippen molar-refractivity contribution in [3.05, 3.63) is 65.0 Å². The summed E-state index contributed by atoms with van der Waals surface area (Å²) in [4.78, 5) is 15.8. The van der Waals surface area contributed by atoms with Crippen LogP contribution in [0.25, 0.3) is 0 Å². The quantitative estimate of drug-likeness (QED) is 0.923. The summed E-state index contributed by atoms with van der Waals surface area (Å²) in [7, 11) is 0. The van der Waals surface area contributed by atoms with Crippen molar-refractivity contribution in [2.75, 3.05) is 0 Å². The zero-order chi connectivity index (χ0) is 13.8. The number of hydrogen-bond donors (Lipinski definition) is 1. The Labute approximate surface area is 109 Å². The molecular weight excluding hydrogens is 250 g/mol. The molecule has 0 aliphatic heterocycles. The monoisotopic (exact) mass is 262 g/mol. The van der Waals surface area contributed by atoms with Gasteiger partial charge in [0.15, 0.2) is 0 Å². The van der Waals surface area contributed by atoms with Crippen LogP contribution >= 0.6 is 0 Å². The lowest BCUT2D eigenvalue weighted by molar-refractivity contribution is 0.0945. The molecule has 0 aliphatic carbocycles. The Kier molecular flexibility index (Phi) is 3.85. The number of carbonyl (C=O) groups excluding carboxylic acids is 1. The second-order valence-corrected chi connectivity index (χ2v) is 4.08. The van der Waals surface area contributed by atoms with E-state index in [4.69, 9.17) is 0 Å². The van der Waals surface area contributed by atoms with Crippen LogP contribution in [0.2, 0.25) is 0 Å². The fraction of sp³-hybridized carbons (Fsp3) is 0.143. The zero-order valence-electron chi connectivity index (χ0n) is 10.3. The molecule has 1 N–H and O–H groups in total. The second-order valence-electron chi connectivity index (χ2n) is 4.08. The van der Waals surface area contributed by atoms with E-state index in [-0.39, 0.29) is 17.8 Å². The van der Waals surface area contributed by atoms with E-state index in [0.717, 1.165) is 18.2 Å². The molecule has 98 valence electrons. The van der Waals surface area contributed by atoms with Crippen LogP contribution in [0.4, 0.5) is 8.78 Å². The number of halogens is 2. The fourth-order valence-corrected chi connectivity index (χ4v) is 1.61. The number of pyridine rings is 1. The maximum absolute atomic E-state index is 13.4. The molecule has 3 nitrogen and oxygen atoms in total. The van der Waals surface area contributed by atoms with Crippen LogP contribution in [-0.2, 0) is 6.54 Å². The van der Waals surface area contributed by atoms with Gasteiger partial charge in [-0.25, -0.2) is 13.8 Å². The Hall–Kier alpha value is -2.30. The van der Waals surface area contributed by atoms with Crippen molar-refractivity contribution in [1.29, 1.82) is 0 Å². The van der Waals surface area contributed by atoms with Gasteiger partial charge in [-0.05, 0) is 37.3 Å². The average Bonchev–Trinajstić information content (AvgIpc) is 2.39. The van der Waals surface area contributed by atoms with E-state index in [0.29, 0.717) is 5.69 Å². The van der Waals surface area contributed by atoms with Crippen LogP contribution in [-0.4, -0.2) is 10.9 Å². The molecule has 0 unspecified atom stereocenters. The summed E-state index contributed by atoms with van der Waals surface area (Å²) >= 11 is 0. The van der Waals surface area contributed by atoms with Gasteiger partial charge in [0.2, 0.25) is 0 Å². The molecule has 1 aromatic heterocycles. The number of rotatable bonds is 3.